The van der Waals surface area contributed by atoms with Gasteiger partial charge in [0, 0.05) is 24.4 Å². The van der Waals surface area contributed by atoms with Crippen molar-refractivity contribution in [1.82, 2.24) is 5.32 Å². The monoisotopic (exact) mass is 262 g/mol. The highest BCUT2D eigenvalue weighted by molar-refractivity contribution is 5.96. The summed E-state index contributed by atoms with van der Waals surface area (Å²) in [5.74, 6) is -0.0246. The number of carbonyl (C=O) groups excluding carboxylic acids is 2. The van der Waals surface area contributed by atoms with Gasteiger partial charge in [-0.2, -0.15) is 0 Å². The Morgan fingerprint density at radius 2 is 2.26 bits per heavy atom. The predicted molar refractivity (Wildman–Crippen MR) is 72.4 cm³/mol. The van der Waals surface area contributed by atoms with Gasteiger partial charge in [-0.25, -0.2) is 4.79 Å². The third-order valence-corrected chi connectivity index (χ3v) is 3.04. The second-order valence-corrected chi connectivity index (χ2v) is 4.61. The third kappa shape index (κ3) is 4.06. The lowest BCUT2D eigenvalue weighted by atomic mass is 10.1. The van der Waals surface area contributed by atoms with E-state index in [0.29, 0.717) is 17.8 Å². The smallest absolute Gasteiger partial charge is 0.319 e. The highest BCUT2D eigenvalue weighted by atomic mass is 16.5. The van der Waals surface area contributed by atoms with Crippen molar-refractivity contribution in [3.8, 4) is 0 Å². The van der Waals surface area contributed by atoms with Crippen LogP contribution in [0.25, 0.3) is 0 Å². The lowest BCUT2D eigenvalue weighted by molar-refractivity contribution is 0.101. The van der Waals surface area contributed by atoms with E-state index in [9.17, 15) is 9.59 Å². The zero-order valence-electron chi connectivity index (χ0n) is 10.9. The molecule has 5 heteroatoms. The molecule has 1 aliphatic rings. The van der Waals surface area contributed by atoms with E-state index in [2.05, 4.69) is 10.6 Å². The van der Waals surface area contributed by atoms with Crippen LogP contribution in [0, 0.1) is 0 Å². The van der Waals surface area contributed by atoms with E-state index < -0.39 is 0 Å². The molecular formula is C14H18N2O3. The summed E-state index contributed by atoms with van der Waals surface area (Å²) in [6.07, 6.45) is 2.16. The van der Waals surface area contributed by atoms with Crippen molar-refractivity contribution in [2.24, 2.45) is 0 Å². The fourth-order valence-electron chi connectivity index (χ4n) is 2.00. The summed E-state index contributed by atoms with van der Waals surface area (Å²) < 4.78 is 5.42. The van der Waals surface area contributed by atoms with E-state index >= 15 is 0 Å². The molecule has 1 atom stereocenters. The summed E-state index contributed by atoms with van der Waals surface area (Å²) in [6, 6.07) is 6.59. The topological polar surface area (TPSA) is 67.4 Å². The number of anilines is 1. The molecular weight excluding hydrogens is 244 g/mol. The van der Waals surface area contributed by atoms with E-state index in [-0.39, 0.29) is 17.9 Å². The molecule has 0 aliphatic carbocycles. The number of rotatable bonds is 4. The van der Waals surface area contributed by atoms with Gasteiger partial charge in [-0.15, -0.1) is 0 Å². The summed E-state index contributed by atoms with van der Waals surface area (Å²) in [5.41, 5.74) is 1.19. The number of hydrogen-bond donors (Lipinski definition) is 2. The quantitative estimate of drug-likeness (QED) is 0.817. The van der Waals surface area contributed by atoms with Gasteiger partial charge in [0.05, 0.1) is 6.10 Å². The molecule has 1 heterocycles. The average Bonchev–Trinajstić information content (AvgIpc) is 2.90. The molecule has 0 spiro atoms. The molecule has 0 unspecified atom stereocenters. The maximum absolute atomic E-state index is 11.7. The molecule has 0 saturated carbocycles. The minimum absolute atomic E-state index is 0.0246. The van der Waals surface area contributed by atoms with Crippen molar-refractivity contribution in [3.05, 3.63) is 29.8 Å². The highest BCUT2D eigenvalue weighted by Crippen LogP contribution is 2.12. The van der Waals surface area contributed by atoms with Crippen LogP contribution in [0.5, 0.6) is 0 Å². The van der Waals surface area contributed by atoms with Crippen LogP contribution >= 0.6 is 0 Å². The first-order chi connectivity index (χ1) is 9.15. The van der Waals surface area contributed by atoms with Crippen molar-refractivity contribution in [2.45, 2.75) is 25.9 Å². The van der Waals surface area contributed by atoms with Gasteiger partial charge in [0.25, 0.3) is 0 Å². The van der Waals surface area contributed by atoms with Gasteiger partial charge in [0.2, 0.25) is 0 Å². The van der Waals surface area contributed by atoms with E-state index in [4.69, 9.17) is 4.74 Å². The Hall–Kier alpha value is -1.88. The Morgan fingerprint density at radius 3 is 2.95 bits per heavy atom. The van der Waals surface area contributed by atoms with Gasteiger partial charge in [-0.1, -0.05) is 12.1 Å². The Bertz CT molecular complexity index is 468. The van der Waals surface area contributed by atoms with Gasteiger partial charge in [-0.05, 0) is 31.9 Å². The lowest BCUT2D eigenvalue weighted by Crippen LogP contribution is -2.35. The Balaban J connectivity index is 1.84. The Kier molecular flexibility index (Phi) is 4.52. The van der Waals surface area contributed by atoms with Crippen LogP contribution in [-0.2, 0) is 4.74 Å². The van der Waals surface area contributed by atoms with Crippen molar-refractivity contribution in [3.63, 3.8) is 0 Å². The Labute approximate surface area is 112 Å². The molecule has 1 fully saturated rings. The number of nitrogens with one attached hydrogen (secondary N) is 2. The molecule has 1 aromatic carbocycles. The lowest BCUT2D eigenvalue weighted by Gasteiger charge is -2.12. The molecule has 19 heavy (non-hydrogen) atoms. The van der Waals surface area contributed by atoms with E-state index in [0.717, 1.165) is 19.4 Å². The number of ether oxygens (including phenoxy) is 1. The van der Waals surface area contributed by atoms with Crippen molar-refractivity contribution in [1.29, 1.82) is 0 Å². The normalized spacial score (nSPS) is 18.1. The second-order valence-electron chi connectivity index (χ2n) is 4.61. The summed E-state index contributed by atoms with van der Waals surface area (Å²) in [6.45, 7) is 2.78. The fourth-order valence-corrected chi connectivity index (χ4v) is 2.00. The maximum Gasteiger partial charge on any atom is 0.319 e. The number of urea groups is 1. The maximum atomic E-state index is 11.7. The van der Waals surface area contributed by atoms with E-state index in [1.807, 2.05) is 0 Å². The molecule has 102 valence electrons. The van der Waals surface area contributed by atoms with Crippen LogP contribution in [-0.4, -0.2) is 31.1 Å². The van der Waals surface area contributed by atoms with Gasteiger partial charge < -0.3 is 15.4 Å². The van der Waals surface area contributed by atoms with Gasteiger partial charge in [-0.3, -0.25) is 4.79 Å². The first-order valence-corrected chi connectivity index (χ1v) is 6.42. The highest BCUT2D eigenvalue weighted by Gasteiger charge is 2.16. The number of hydrogen-bond acceptors (Lipinski definition) is 3. The summed E-state index contributed by atoms with van der Waals surface area (Å²) >= 11 is 0. The van der Waals surface area contributed by atoms with E-state index in [1.54, 1.807) is 24.3 Å². The molecule has 2 N–H and O–H groups in total. The predicted octanol–water partition coefficient (Wildman–Crippen LogP) is 2.19. The van der Waals surface area contributed by atoms with Gasteiger partial charge >= 0.3 is 6.03 Å². The first kappa shape index (κ1) is 13.5. The van der Waals surface area contributed by atoms with Crippen LogP contribution in [0.15, 0.2) is 24.3 Å². The minimum Gasteiger partial charge on any atom is -0.376 e. The third-order valence-electron chi connectivity index (χ3n) is 3.04. The Morgan fingerprint density at radius 1 is 1.42 bits per heavy atom. The van der Waals surface area contributed by atoms with Crippen LogP contribution in [0.1, 0.15) is 30.1 Å². The minimum atomic E-state index is -0.281. The average molecular weight is 262 g/mol. The molecule has 1 aromatic rings. The zero-order chi connectivity index (χ0) is 13.7. The number of amides is 2. The van der Waals surface area contributed by atoms with Crippen LogP contribution in [0.3, 0.4) is 0 Å². The number of carbonyl (C=O) groups is 2. The van der Waals surface area contributed by atoms with E-state index in [1.165, 1.54) is 6.92 Å². The molecule has 2 amide bonds. The van der Waals surface area contributed by atoms with Crippen molar-refractivity contribution in [2.75, 3.05) is 18.5 Å². The second kappa shape index (κ2) is 6.33. The fraction of sp³-hybridized carbons (Fsp3) is 0.429. The number of Topliss-reactive ketones (excluding diaryl/α,β-unsaturated/α-hetero) is 1. The van der Waals surface area contributed by atoms with Crippen molar-refractivity contribution >= 4 is 17.5 Å². The largest absolute Gasteiger partial charge is 0.376 e. The molecule has 0 bridgehead atoms. The molecule has 0 radical (unpaired) electrons. The molecule has 2 rings (SSSR count). The number of benzene rings is 1. The molecule has 1 saturated heterocycles. The van der Waals surface area contributed by atoms with Crippen LogP contribution < -0.4 is 10.6 Å². The SMILES string of the molecule is CC(=O)c1cccc(NC(=O)NC[C@H]2CCCO2)c1. The number of ketones is 1. The zero-order valence-corrected chi connectivity index (χ0v) is 10.9. The first-order valence-electron chi connectivity index (χ1n) is 6.42. The summed E-state index contributed by atoms with van der Waals surface area (Å²) in [5, 5.41) is 5.47. The van der Waals surface area contributed by atoms with Crippen LogP contribution in [0.4, 0.5) is 10.5 Å². The molecule has 0 aromatic heterocycles. The summed E-state index contributed by atoms with van der Waals surface area (Å²) in [7, 11) is 0. The van der Waals surface area contributed by atoms with Crippen molar-refractivity contribution < 1.29 is 14.3 Å². The summed E-state index contributed by atoms with van der Waals surface area (Å²) in [4.78, 5) is 22.9. The van der Waals surface area contributed by atoms with Gasteiger partial charge in [0.15, 0.2) is 5.78 Å². The standard InChI is InChI=1S/C14H18N2O3/c1-10(17)11-4-2-5-12(8-11)16-14(18)15-9-13-6-3-7-19-13/h2,4-5,8,13H,3,6-7,9H2,1H3,(H2,15,16,18)/t13-/m1/s1. The molecule has 1 aliphatic heterocycles. The van der Waals surface area contributed by atoms with Crippen LogP contribution in [0.2, 0.25) is 0 Å². The molecule has 5 nitrogen and oxygen atoms in total. The van der Waals surface area contributed by atoms with Gasteiger partial charge in [0.1, 0.15) is 0 Å².